The van der Waals surface area contributed by atoms with Gasteiger partial charge in [-0.2, -0.15) is 0 Å². The number of hydrogen-bond acceptors (Lipinski definition) is 4. The van der Waals surface area contributed by atoms with Crippen molar-refractivity contribution in [1.29, 1.82) is 0 Å². The van der Waals surface area contributed by atoms with Crippen molar-refractivity contribution in [1.82, 2.24) is 5.32 Å². The van der Waals surface area contributed by atoms with E-state index in [4.69, 9.17) is 10.5 Å². The van der Waals surface area contributed by atoms with Crippen LogP contribution >= 0.6 is 0 Å². The Bertz CT molecular complexity index is 508. The smallest absolute Gasteiger partial charge is 0.338 e. The van der Waals surface area contributed by atoms with E-state index in [1.807, 2.05) is 12.2 Å². The van der Waals surface area contributed by atoms with Crippen molar-refractivity contribution < 1.29 is 19.1 Å². The van der Waals surface area contributed by atoms with E-state index in [9.17, 15) is 14.4 Å². The lowest BCUT2D eigenvalue weighted by atomic mass is 10.1. The summed E-state index contributed by atoms with van der Waals surface area (Å²) in [6, 6.07) is 5.78. The normalized spacial score (nSPS) is 11.8. The molecule has 1 aromatic rings. The van der Waals surface area contributed by atoms with Gasteiger partial charge in [0.1, 0.15) is 0 Å². The number of urea groups is 1. The number of hydrogen-bond donors (Lipinski definition) is 2. The number of carbonyl (C=O) groups excluding carboxylic acids is 3. The van der Waals surface area contributed by atoms with E-state index in [2.05, 4.69) is 0 Å². The average molecular weight is 278 g/mol. The number of rotatable bonds is 4. The van der Waals surface area contributed by atoms with E-state index in [0.717, 1.165) is 5.56 Å². The van der Waals surface area contributed by atoms with Crippen LogP contribution in [-0.4, -0.2) is 24.0 Å². The van der Waals surface area contributed by atoms with Crippen LogP contribution < -0.4 is 11.1 Å². The lowest BCUT2D eigenvalue weighted by Crippen LogP contribution is -2.45. The number of benzene rings is 1. The van der Waals surface area contributed by atoms with Crippen LogP contribution in [0.15, 0.2) is 24.3 Å². The molecule has 0 radical (unpaired) electrons. The summed E-state index contributed by atoms with van der Waals surface area (Å²) in [5.74, 6) is -1.64. The molecular weight excluding hydrogens is 260 g/mol. The monoisotopic (exact) mass is 278 g/mol. The van der Waals surface area contributed by atoms with Crippen molar-refractivity contribution in [2.75, 3.05) is 0 Å². The van der Waals surface area contributed by atoms with E-state index in [0.29, 0.717) is 5.56 Å². The van der Waals surface area contributed by atoms with Crippen LogP contribution in [0.4, 0.5) is 4.79 Å². The van der Waals surface area contributed by atoms with E-state index in [1.165, 1.54) is 0 Å². The van der Waals surface area contributed by atoms with Gasteiger partial charge in [-0.3, -0.25) is 10.1 Å². The Morgan fingerprint density at radius 1 is 1.15 bits per heavy atom. The standard InChI is InChI=1S/C14H18N2O4/c1-8(2)11(12(17)16-14(15)19)20-13(18)10-6-4-9(3)5-7-10/h4-8,11H,1-3H3,(H3,15,16,17,19). The summed E-state index contributed by atoms with van der Waals surface area (Å²) >= 11 is 0. The van der Waals surface area contributed by atoms with Gasteiger partial charge < -0.3 is 10.5 Å². The molecule has 1 aromatic carbocycles. The number of nitrogens with two attached hydrogens (primary N) is 1. The molecule has 0 aliphatic rings. The number of aryl methyl sites for hydroxylation is 1. The maximum atomic E-state index is 11.9. The third kappa shape index (κ3) is 4.38. The summed E-state index contributed by atoms with van der Waals surface area (Å²) in [5.41, 5.74) is 6.23. The molecule has 6 nitrogen and oxygen atoms in total. The Morgan fingerprint density at radius 2 is 1.70 bits per heavy atom. The Kier molecular flexibility index (Phi) is 5.25. The average Bonchev–Trinajstić information content (AvgIpc) is 2.35. The second-order valence-electron chi connectivity index (χ2n) is 4.79. The predicted molar refractivity (Wildman–Crippen MR) is 72.9 cm³/mol. The van der Waals surface area contributed by atoms with Gasteiger partial charge in [0, 0.05) is 0 Å². The molecule has 0 saturated carbocycles. The second-order valence-corrected chi connectivity index (χ2v) is 4.79. The third-order valence-electron chi connectivity index (χ3n) is 2.63. The molecule has 0 heterocycles. The first-order chi connectivity index (χ1) is 9.31. The molecule has 0 fully saturated rings. The maximum Gasteiger partial charge on any atom is 0.338 e. The first-order valence-electron chi connectivity index (χ1n) is 6.19. The minimum Gasteiger partial charge on any atom is -0.448 e. The second kappa shape index (κ2) is 6.70. The molecule has 0 bridgehead atoms. The van der Waals surface area contributed by atoms with Gasteiger partial charge in [-0.15, -0.1) is 0 Å². The number of primary amides is 1. The van der Waals surface area contributed by atoms with Gasteiger partial charge in [-0.05, 0) is 25.0 Å². The maximum absolute atomic E-state index is 11.9. The summed E-state index contributed by atoms with van der Waals surface area (Å²) in [7, 11) is 0. The first kappa shape index (κ1) is 15.7. The van der Waals surface area contributed by atoms with Gasteiger partial charge in [0.2, 0.25) is 0 Å². The highest BCUT2D eigenvalue weighted by atomic mass is 16.5. The van der Waals surface area contributed by atoms with Crippen LogP contribution in [-0.2, 0) is 9.53 Å². The highest BCUT2D eigenvalue weighted by molar-refractivity contribution is 5.98. The summed E-state index contributed by atoms with van der Waals surface area (Å²) < 4.78 is 5.14. The predicted octanol–water partition coefficient (Wildman–Crippen LogP) is 1.37. The van der Waals surface area contributed by atoms with Crippen molar-refractivity contribution >= 4 is 17.9 Å². The zero-order valence-electron chi connectivity index (χ0n) is 11.7. The fourth-order valence-electron chi connectivity index (χ4n) is 1.56. The van der Waals surface area contributed by atoms with Gasteiger partial charge in [-0.1, -0.05) is 31.5 Å². The van der Waals surface area contributed by atoms with Gasteiger partial charge in [0.15, 0.2) is 6.10 Å². The number of nitrogens with one attached hydrogen (secondary N) is 1. The molecule has 0 aliphatic carbocycles. The van der Waals surface area contributed by atoms with E-state index < -0.39 is 24.0 Å². The fourth-order valence-corrected chi connectivity index (χ4v) is 1.56. The largest absolute Gasteiger partial charge is 0.448 e. The molecule has 3 amide bonds. The van der Waals surface area contributed by atoms with Crippen LogP contribution in [0.3, 0.4) is 0 Å². The van der Waals surface area contributed by atoms with E-state index in [1.54, 1.807) is 38.1 Å². The van der Waals surface area contributed by atoms with Crippen LogP contribution in [0.1, 0.15) is 29.8 Å². The lowest BCUT2D eigenvalue weighted by Gasteiger charge is -2.19. The summed E-state index contributed by atoms with van der Waals surface area (Å²) in [6.45, 7) is 5.30. The van der Waals surface area contributed by atoms with E-state index >= 15 is 0 Å². The highest BCUT2D eigenvalue weighted by Gasteiger charge is 2.27. The molecule has 3 N–H and O–H groups in total. The molecule has 1 unspecified atom stereocenters. The minimum atomic E-state index is -1.07. The summed E-state index contributed by atoms with van der Waals surface area (Å²) in [5, 5.41) is 1.91. The van der Waals surface area contributed by atoms with Gasteiger partial charge in [0.05, 0.1) is 5.56 Å². The Hall–Kier alpha value is -2.37. The summed E-state index contributed by atoms with van der Waals surface area (Å²) in [6.07, 6.45) is -1.07. The molecule has 1 atom stereocenters. The molecule has 0 spiro atoms. The Morgan fingerprint density at radius 3 is 2.15 bits per heavy atom. The highest BCUT2D eigenvalue weighted by Crippen LogP contribution is 2.12. The number of amides is 3. The fraction of sp³-hybridized carbons (Fsp3) is 0.357. The molecule has 0 saturated heterocycles. The third-order valence-corrected chi connectivity index (χ3v) is 2.63. The first-order valence-corrected chi connectivity index (χ1v) is 6.19. The van der Waals surface area contributed by atoms with Crippen molar-refractivity contribution in [2.45, 2.75) is 26.9 Å². The van der Waals surface area contributed by atoms with Crippen LogP contribution in [0.2, 0.25) is 0 Å². The quantitative estimate of drug-likeness (QED) is 0.812. The van der Waals surface area contributed by atoms with Crippen molar-refractivity contribution in [3.8, 4) is 0 Å². The van der Waals surface area contributed by atoms with E-state index in [-0.39, 0.29) is 5.92 Å². The van der Waals surface area contributed by atoms with Crippen LogP contribution in [0.25, 0.3) is 0 Å². The number of esters is 1. The molecule has 0 aromatic heterocycles. The lowest BCUT2D eigenvalue weighted by molar-refractivity contribution is -0.130. The zero-order chi connectivity index (χ0) is 15.3. The molecular formula is C14H18N2O4. The van der Waals surface area contributed by atoms with Crippen molar-refractivity contribution in [2.24, 2.45) is 11.7 Å². The topological polar surface area (TPSA) is 98.5 Å². The van der Waals surface area contributed by atoms with Gasteiger partial charge in [0.25, 0.3) is 5.91 Å². The summed E-state index contributed by atoms with van der Waals surface area (Å²) in [4.78, 5) is 34.3. The number of ether oxygens (including phenoxy) is 1. The Balaban J connectivity index is 2.80. The van der Waals surface area contributed by atoms with Crippen LogP contribution in [0, 0.1) is 12.8 Å². The molecule has 108 valence electrons. The molecule has 20 heavy (non-hydrogen) atoms. The van der Waals surface area contributed by atoms with Gasteiger partial charge >= 0.3 is 12.0 Å². The van der Waals surface area contributed by atoms with Crippen molar-refractivity contribution in [3.05, 3.63) is 35.4 Å². The minimum absolute atomic E-state index is 0.288. The zero-order valence-corrected chi connectivity index (χ0v) is 11.7. The molecule has 0 aliphatic heterocycles. The molecule has 6 heteroatoms. The van der Waals surface area contributed by atoms with Gasteiger partial charge in [-0.25, -0.2) is 9.59 Å². The molecule has 1 rings (SSSR count). The Labute approximate surface area is 117 Å². The number of imide groups is 1. The van der Waals surface area contributed by atoms with Crippen molar-refractivity contribution in [3.63, 3.8) is 0 Å². The van der Waals surface area contributed by atoms with Crippen LogP contribution in [0.5, 0.6) is 0 Å². The number of carbonyl (C=O) groups is 3. The SMILES string of the molecule is Cc1ccc(C(=O)OC(C(=O)NC(N)=O)C(C)C)cc1.